The summed E-state index contributed by atoms with van der Waals surface area (Å²) in [6, 6.07) is 50.4. The van der Waals surface area contributed by atoms with E-state index >= 15 is 0 Å². The van der Waals surface area contributed by atoms with E-state index in [9.17, 15) is 5.11 Å². The maximum absolute atomic E-state index is 9.30. The van der Waals surface area contributed by atoms with Crippen LogP contribution in [0.3, 0.4) is 0 Å². The minimum Gasteiger partial charge on any atom is -0.396 e. The average Bonchev–Trinajstić information content (AvgIpc) is 3.57. The van der Waals surface area contributed by atoms with E-state index in [2.05, 4.69) is 149 Å². The number of para-hydroxylation sites is 3. The third kappa shape index (κ3) is 3.93. The zero-order chi connectivity index (χ0) is 28.0. The number of rotatable bonds is 6. The van der Waals surface area contributed by atoms with Crippen molar-refractivity contribution in [2.45, 2.75) is 12.8 Å². The van der Waals surface area contributed by atoms with Crippen LogP contribution in [0.4, 0.5) is 0 Å². The van der Waals surface area contributed by atoms with Gasteiger partial charge in [-0.05, 0) is 84.1 Å². The first kappa shape index (κ1) is 24.7. The van der Waals surface area contributed by atoms with E-state index in [0.717, 1.165) is 24.2 Å². The summed E-state index contributed by atoms with van der Waals surface area (Å²) in [6.07, 6.45) is 1.67. The highest BCUT2D eigenvalue weighted by atomic mass is 16.2. The minimum absolute atomic E-state index is 0.217. The fourth-order valence-electron chi connectivity index (χ4n) is 6.54. The lowest BCUT2D eigenvalue weighted by Crippen LogP contribution is -1.95. The molecule has 0 atom stereocenters. The molecule has 2 aromatic heterocycles. The largest absolute Gasteiger partial charge is 0.396 e. The first-order valence-corrected chi connectivity index (χ1v) is 14.6. The van der Waals surface area contributed by atoms with Gasteiger partial charge in [-0.3, -0.25) is 0 Å². The van der Waals surface area contributed by atoms with Gasteiger partial charge in [0.15, 0.2) is 0 Å². The van der Waals surface area contributed by atoms with Gasteiger partial charge in [-0.25, -0.2) is 0 Å². The normalized spacial score (nSPS) is 11.7. The monoisotopic (exact) mass is 542 g/mol. The SMILES string of the molecule is OCCCc1ccc2c(c1)c1ccccc1n2-c1ccc(-c2ccc(-n3c4ccccc4c4ccccc43)cc2)cc1. The highest BCUT2D eigenvalue weighted by Crippen LogP contribution is 2.35. The fraction of sp³-hybridized carbons (Fsp3) is 0.0769. The van der Waals surface area contributed by atoms with Gasteiger partial charge in [-0.1, -0.05) is 84.9 Å². The van der Waals surface area contributed by atoms with Crippen molar-refractivity contribution in [3.63, 3.8) is 0 Å². The smallest absolute Gasteiger partial charge is 0.0541 e. The molecule has 0 unspecified atom stereocenters. The maximum Gasteiger partial charge on any atom is 0.0541 e. The number of nitrogens with zero attached hydrogens (tertiary/aromatic N) is 2. The zero-order valence-electron chi connectivity index (χ0n) is 23.2. The summed E-state index contributed by atoms with van der Waals surface area (Å²) in [4.78, 5) is 0. The van der Waals surface area contributed by atoms with Crippen molar-refractivity contribution in [2.75, 3.05) is 6.61 Å². The Labute approximate surface area is 244 Å². The zero-order valence-corrected chi connectivity index (χ0v) is 23.2. The number of hydrogen-bond donors (Lipinski definition) is 1. The molecule has 8 rings (SSSR count). The number of benzene rings is 6. The second kappa shape index (κ2) is 10.1. The number of aromatic nitrogens is 2. The van der Waals surface area contributed by atoms with Crippen LogP contribution >= 0.6 is 0 Å². The van der Waals surface area contributed by atoms with Crippen molar-refractivity contribution in [1.29, 1.82) is 0 Å². The van der Waals surface area contributed by atoms with Crippen molar-refractivity contribution < 1.29 is 5.11 Å². The van der Waals surface area contributed by atoms with Crippen LogP contribution in [0.5, 0.6) is 0 Å². The molecule has 202 valence electrons. The summed E-state index contributed by atoms with van der Waals surface area (Å²) in [5.41, 5.74) is 10.8. The van der Waals surface area contributed by atoms with Crippen LogP contribution < -0.4 is 0 Å². The van der Waals surface area contributed by atoms with E-state index in [0.29, 0.717) is 0 Å². The van der Waals surface area contributed by atoms with E-state index in [1.807, 2.05) is 0 Å². The summed E-state index contributed by atoms with van der Waals surface area (Å²) in [5.74, 6) is 0. The third-order valence-electron chi connectivity index (χ3n) is 8.52. The standard InChI is InChI=1S/C39H30N2O/c42-25-7-8-27-15-24-39-35(26-27)34-11-3-6-14-38(34)41(39)31-22-18-29(19-23-31)28-16-20-30(21-17-28)40-36-12-4-1-9-32(36)33-10-2-5-13-37(33)40/h1-6,9-24,26,42H,7-8,25H2. The molecule has 42 heavy (non-hydrogen) atoms. The quantitative estimate of drug-likeness (QED) is 0.223. The topological polar surface area (TPSA) is 30.1 Å². The Morgan fingerprint density at radius 3 is 1.33 bits per heavy atom. The predicted molar refractivity (Wildman–Crippen MR) is 176 cm³/mol. The summed E-state index contributed by atoms with van der Waals surface area (Å²) in [6.45, 7) is 0.217. The molecule has 0 saturated carbocycles. The molecular weight excluding hydrogens is 512 g/mol. The van der Waals surface area contributed by atoms with Gasteiger partial charge in [0, 0.05) is 39.5 Å². The summed E-state index contributed by atoms with van der Waals surface area (Å²) in [7, 11) is 0. The maximum atomic E-state index is 9.30. The molecule has 0 aliphatic heterocycles. The molecule has 0 bridgehead atoms. The van der Waals surface area contributed by atoms with Crippen LogP contribution in [0.15, 0.2) is 140 Å². The van der Waals surface area contributed by atoms with E-state index in [1.165, 1.54) is 60.3 Å². The molecule has 0 aliphatic rings. The van der Waals surface area contributed by atoms with E-state index < -0.39 is 0 Å². The molecule has 6 aromatic carbocycles. The molecular formula is C39H30N2O. The molecule has 1 N–H and O–H groups in total. The van der Waals surface area contributed by atoms with Crippen LogP contribution in [0, 0.1) is 0 Å². The molecule has 0 radical (unpaired) electrons. The van der Waals surface area contributed by atoms with Crippen LogP contribution in [0.2, 0.25) is 0 Å². The molecule has 0 saturated heterocycles. The molecule has 0 fully saturated rings. The summed E-state index contributed by atoms with van der Waals surface area (Å²) >= 11 is 0. The Bertz CT molecular complexity index is 2160. The van der Waals surface area contributed by atoms with E-state index in [1.54, 1.807) is 0 Å². The van der Waals surface area contributed by atoms with Crippen molar-refractivity contribution in [2.24, 2.45) is 0 Å². The average molecular weight is 543 g/mol. The fourth-order valence-corrected chi connectivity index (χ4v) is 6.54. The lowest BCUT2D eigenvalue weighted by atomic mass is 10.0. The lowest BCUT2D eigenvalue weighted by Gasteiger charge is -2.11. The second-order valence-corrected chi connectivity index (χ2v) is 11.0. The summed E-state index contributed by atoms with van der Waals surface area (Å²) < 4.78 is 4.71. The molecule has 3 nitrogen and oxygen atoms in total. The highest BCUT2D eigenvalue weighted by Gasteiger charge is 2.14. The van der Waals surface area contributed by atoms with Gasteiger partial charge in [0.25, 0.3) is 0 Å². The van der Waals surface area contributed by atoms with Gasteiger partial charge in [-0.15, -0.1) is 0 Å². The Kier molecular flexibility index (Phi) is 5.90. The Balaban J connectivity index is 1.16. The Hall–Kier alpha value is -5.12. The molecule has 0 spiro atoms. The van der Waals surface area contributed by atoms with Crippen LogP contribution in [0.1, 0.15) is 12.0 Å². The van der Waals surface area contributed by atoms with Gasteiger partial charge in [-0.2, -0.15) is 0 Å². The minimum atomic E-state index is 0.217. The third-order valence-corrected chi connectivity index (χ3v) is 8.52. The first-order valence-electron chi connectivity index (χ1n) is 14.6. The molecule has 0 aliphatic carbocycles. The molecule has 3 heteroatoms. The molecule has 0 amide bonds. The van der Waals surface area contributed by atoms with Gasteiger partial charge >= 0.3 is 0 Å². The van der Waals surface area contributed by atoms with Crippen molar-refractivity contribution in [3.8, 4) is 22.5 Å². The van der Waals surface area contributed by atoms with Gasteiger partial charge in [0.05, 0.1) is 22.1 Å². The Morgan fingerprint density at radius 2 is 0.857 bits per heavy atom. The van der Waals surface area contributed by atoms with Crippen molar-refractivity contribution in [3.05, 3.63) is 145 Å². The van der Waals surface area contributed by atoms with Crippen molar-refractivity contribution in [1.82, 2.24) is 9.13 Å². The van der Waals surface area contributed by atoms with Gasteiger partial charge in [0.1, 0.15) is 0 Å². The van der Waals surface area contributed by atoms with E-state index in [4.69, 9.17) is 0 Å². The number of aliphatic hydroxyl groups excluding tert-OH is 1. The van der Waals surface area contributed by atoms with Crippen LogP contribution in [-0.4, -0.2) is 20.8 Å². The highest BCUT2D eigenvalue weighted by molar-refractivity contribution is 6.10. The lowest BCUT2D eigenvalue weighted by molar-refractivity contribution is 0.288. The second-order valence-electron chi connectivity index (χ2n) is 11.0. The van der Waals surface area contributed by atoms with Gasteiger partial charge in [0.2, 0.25) is 0 Å². The first-order chi connectivity index (χ1) is 20.8. The number of hydrogen-bond acceptors (Lipinski definition) is 1. The van der Waals surface area contributed by atoms with Crippen LogP contribution in [-0.2, 0) is 6.42 Å². The number of aryl methyl sites for hydroxylation is 1. The molecule has 8 aromatic rings. The Morgan fingerprint density at radius 1 is 0.429 bits per heavy atom. The van der Waals surface area contributed by atoms with Crippen LogP contribution in [0.25, 0.3) is 66.1 Å². The predicted octanol–water partition coefficient (Wildman–Crippen LogP) is 9.47. The van der Waals surface area contributed by atoms with Gasteiger partial charge < -0.3 is 14.2 Å². The number of fused-ring (bicyclic) bond motifs is 6. The van der Waals surface area contributed by atoms with Crippen molar-refractivity contribution >= 4 is 43.6 Å². The number of aliphatic hydroxyl groups is 1. The summed E-state index contributed by atoms with van der Waals surface area (Å²) in [5, 5.41) is 14.4. The van der Waals surface area contributed by atoms with E-state index in [-0.39, 0.29) is 6.61 Å². The molecule has 2 heterocycles.